The fourth-order valence-corrected chi connectivity index (χ4v) is 3.93. The van der Waals surface area contributed by atoms with Crippen LogP contribution in [0, 0.1) is 0 Å². The minimum absolute atomic E-state index is 0.0435. The molecule has 1 aromatic heterocycles. The summed E-state index contributed by atoms with van der Waals surface area (Å²) >= 11 is 5.91. The molecule has 34 heavy (non-hydrogen) atoms. The van der Waals surface area contributed by atoms with Crippen LogP contribution in [0.4, 0.5) is 14.9 Å². The van der Waals surface area contributed by atoms with Gasteiger partial charge in [0.05, 0.1) is 26.4 Å². The zero-order valence-electron chi connectivity index (χ0n) is 19.6. The van der Waals surface area contributed by atoms with Crippen LogP contribution in [-0.2, 0) is 4.79 Å². The zero-order chi connectivity index (χ0) is 24.7. The molecule has 1 aliphatic heterocycles. The molecule has 184 valence electrons. The lowest BCUT2D eigenvalue weighted by Gasteiger charge is -2.38. The maximum absolute atomic E-state index is 13.7. The predicted molar refractivity (Wildman–Crippen MR) is 130 cm³/mol. The van der Waals surface area contributed by atoms with Crippen molar-refractivity contribution in [1.29, 1.82) is 0 Å². The monoisotopic (exact) mass is 491 g/mol. The highest BCUT2D eigenvalue weighted by atomic mass is 35.5. The molecule has 1 aliphatic rings. The third-order valence-corrected chi connectivity index (χ3v) is 5.82. The van der Waals surface area contributed by atoms with Gasteiger partial charge in [-0.1, -0.05) is 11.6 Å². The molecule has 0 spiro atoms. The molecule has 8 nitrogen and oxygen atoms in total. The molecule has 0 aliphatic carbocycles. The number of benzene rings is 1. The first kappa shape index (κ1) is 25.7. The number of amides is 3. The average molecular weight is 492 g/mol. The summed E-state index contributed by atoms with van der Waals surface area (Å²) in [5.41, 5.74) is -0.0574. The van der Waals surface area contributed by atoms with Crippen molar-refractivity contribution < 1.29 is 18.7 Å². The standard InChI is InChI=1S/C24H31ClFN5O3/c1-24(2,26)15-28-22(32)14-31-11-10-21(19(13-31)20-9-8-18(34-3)12-27-20)30-23(33)29-17-6-4-16(25)5-7-17/h4-9,12,19,21H,10-11,13-15H2,1-3H3,(H,28,32)(H2,29,30,33)/t19-,21+/m0/s1. The Morgan fingerprint density at radius 3 is 2.59 bits per heavy atom. The number of methoxy groups -OCH3 is 1. The van der Waals surface area contributed by atoms with Crippen molar-refractivity contribution >= 4 is 29.2 Å². The van der Waals surface area contributed by atoms with E-state index in [0.717, 1.165) is 5.69 Å². The van der Waals surface area contributed by atoms with Gasteiger partial charge in [-0.3, -0.25) is 14.7 Å². The number of alkyl halides is 1. The summed E-state index contributed by atoms with van der Waals surface area (Å²) in [6, 6.07) is 10.0. The van der Waals surface area contributed by atoms with Crippen LogP contribution in [0.15, 0.2) is 42.6 Å². The van der Waals surface area contributed by atoms with Gasteiger partial charge in [0.2, 0.25) is 5.91 Å². The summed E-state index contributed by atoms with van der Waals surface area (Å²) in [7, 11) is 1.57. The van der Waals surface area contributed by atoms with Crippen LogP contribution in [0.3, 0.4) is 0 Å². The van der Waals surface area contributed by atoms with E-state index in [1.807, 2.05) is 17.0 Å². The van der Waals surface area contributed by atoms with Gasteiger partial charge >= 0.3 is 6.03 Å². The highest BCUT2D eigenvalue weighted by Crippen LogP contribution is 2.27. The Kier molecular flexibility index (Phi) is 8.68. The molecule has 2 atom stereocenters. The summed E-state index contributed by atoms with van der Waals surface area (Å²) in [6.45, 7) is 4.06. The van der Waals surface area contributed by atoms with Crippen molar-refractivity contribution in [2.45, 2.75) is 37.9 Å². The number of pyridine rings is 1. The van der Waals surface area contributed by atoms with Crippen LogP contribution in [0.1, 0.15) is 31.9 Å². The summed E-state index contributed by atoms with van der Waals surface area (Å²) in [4.78, 5) is 31.5. The molecule has 1 fully saturated rings. The number of carbonyl (C=O) groups is 2. The average Bonchev–Trinajstić information content (AvgIpc) is 2.80. The Hall–Kier alpha value is -2.91. The van der Waals surface area contributed by atoms with E-state index in [-0.39, 0.29) is 37.0 Å². The second-order valence-corrected chi connectivity index (χ2v) is 9.40. The van der Waals surface area contributed by atoms with Gasteiger partial charge < -0.3 is 20.7 Å². The number of hydrogen-bond donors (Lipinski definition) is 3. The number of nitrogens with one attached hydrogen (secondary N) is 3. The number of hydrogen-bond acceptors (Lipinski definition) is 5. The SMILES string of the molecule is COc1ccc([C@@H]2CN(CC(=O)NCC(C)(C)F)CC[C@H]2NC(=O)Nc2ccc(Cl)cc2)nc1. The number of nitrogens with zero attached hydrogens (tertiary/aromatic N) is 2. The number of urea groups is 1. The molecule has 2 aromatic rings. The normalized spacial score (nSPS) is 18.7. The van der Waals surface area contributed by atoms with Crippen molar-refractivity contribution in [2.75, 3.05) is 38.6 Å². The van der Waals surface area contributed by atoms with Crippen LogP contribution < -0.4 is 20.7 Å². The number of rotatable bonds is 8. The zero-order valence-corrected chi connectivity index (χ0v) is 20.4. The van der Waals surface area contributed by atoms with Crippen molar-refractivity contribution in [3.63, 3.8) is 0 Å². The summed E-state index contributed by atoms with van der Waals surface area (Å²) < 4.78 is 18.9. The van der Waals surface area contributed by atoms with E-state index in [4.69, 9.17) is 16.3 Å². The second kappa shape index (κ2) is 11.5. The lowest BCUT2D eigenvalue weighted by Crippen LogP contribution is -2.53. The molecule has 3 N–H and O–H groups in total. The number of anilines is 1. The van der Waals surface area contributed by atoms with Crippen molar-refractivity contribution in [3.05, 3.63) is 53.3 Å². The number of likely N-dealkylation sites (tertiary alicyclic amines) is 1. The molecule has 2 heterocycles. The molecule has 0 bridgehead atoms. The lowest BCUT2D eigenvalue weighted by molar-refractivity contribution is -0.123. The fraction of sp³-hybridized carbons (Fsp3) is 0.458. The van der Waals surface area contributed by atoms with Gasteiger partial charge in [-0.2, -0.15) is 0 Å². The highest BCUT2D eigenvalue weighted by Gasteiger charge is 2.33. The summed E-state index contributed by atoms with van der Waals surface area (Å²) in [5, 5.41) is 9.09. The van der Waals surface area contributed by atoms with Gasteiger partial charge in [0.1, 0.15) is 11.4 Å². The molecule has 3 amide bonds. The van der Waals surface area contributed by atoms with Crippen LogP contribution in [0.5, 0.6) is 5.75 Å². The van der Waals surface area contributed by atoms with Crippen molar-refractivity contribution in [3.8, 4) is 5.75 Å². The first-order chi connectivity index (χ1) is 16.1. The molecule has 10 heteroatoms. The largest absolute Gasteiger partial charge is 0.495 e. The van der Waals surface area contributed by atoms with Gasteiger partial charge in [0.15, 0.2) is 0 Å². The van der Waals surface area contributed by atoms with E-state index in [0.29, 0.717) is 36.0 Å². The van der Waals surface area contributed by atoms with Crippen LogP contribution in [0.25, 0.3) is 0 Å². The fourth-order valence-electron chi connectivity index (χ4n) is 3.80. The van der Waals surface area contributed by atoms with Gasteiger partial charge in [0.25, 0.3) is 0 Å². The van der Waals surface area contributed by atoms with Crippen molar-refractivity contribution in [2.24, 2.45) is 0 Å². The molecular weight excluding hydrogens is 461 g/mol. The summed E-state index contributed by atoms with van der Waals surface area (Å²) in [5.74, 6) is 0.245. The van der Waals surface area contributed by atoms with Gasteiger partial charge in [-0.15, -0.1) is 0 Å². The van der Waals surface area contributed by atoms with Crippen molar-refractivity contribution in [1.82, 2.24) is 20.5 Å². The molecule has 3 rings (SSSR count). The molecule has 0 radical (unpaired) electrons. The van der Waals surface area contributed by atoms with Crippen LogP contribution >= 0.6 is 11.6 Å². The van der Waals surface area contributed by atoms with Gasteiger partial charge in [0, 0.05) is 41.5 Å². The minimum Gasteiger partial charge on any atom is -0.495 e. The van der Waals surface area contributed by atoms with E-state index >= 15 is 0 Å². The molecular formula is C24H31ClFN5O3. The number of ether oxygens (including phenoxy) is 1. The maximum atomic E-state index is 13.7. The molecule has 1 saturated heterocycles. The third-order valence-electron chi connectivity index (χ3n) is 5.56. The van der Waals surface area contributed by atoms with Gasteiger partial charge in [-0.05, 0) is 56.7 Å². The lowest BCUT2D eigenvalue weighted by atomic mass is 9.88. The topological polar surface area (TPSA) is 95.6 Å². The smallest absolute Gasteiger partial charge is 0.319 e. The van der Waals surface area contributed by atoms with E-state index in [1.165, 1.54) is 13.8 Å². The predicted octanol–water partition coefficient (Wildman–Crippen LogP) is 3.59. The highest BCUT2D eigenvalue weighted by molar-refractivity contribution is 6.30. The van der Waals surface area contributed by atoms with E-state index in [1.54, 1.807) is 37.6 Å². The van der Waals surface area contributed by atoms with E-state index in [9.17, 15) is 14.0 Å². The van der Waals surface area contributed by atoms with Gasteiger partial charge in [-0.25, -0.2) is 9.18 Å². The Labute approximate surface area is 204 Å². The Balaban J connectivity index is 1.67. The molecule has 0 saturated carbocycles. The molecule has 0 unspecified atom stereocenters. The Morgan fingerprint density at radius 2 is 1.97 bits per heavy atom. The first-order valence-electron chi connectivity index (χ1n) is 11.1. The minimum atomic E-state index is -1.47. The number of piperidine rings is 1. The van der Waals surface area contributed by atoms with E-state index < -0.39 is 5.67 Å². The van der Waals surface area contributed by atoms with E-state index in [2.05, 4.69) is 20.9 Å². The first-order valence-corrected chi connectivity index (χ1v) is 11.5. The number of halogens is 2. The number of aromatic nitrogens is 1. The molecule has 1 aromatic carbocycles. The maximum Gasteiger partial charge on any atom is 0.319 e. The van der Waals surface area contributed by atoms with Crippen LogP contribution in [-0.4, -0.2) is 66.8 Å². The number of carbonyl (C=O) groups excluding carboxylic acids is 2. The Bertz CT molecular complexity index is 966. The second-order valence-electron chi connectivity index (χ2n) is 8.96. The quantitative estimate of drug-likeness (QED) is 0.524. The van der Waals surface area contributed by atoms with Crippen LogP contribution in [0.2, 0.25) is 5.02 Å². The summed E-state index contributed by atoms with van der Waals surface area (Å²) in [6.07, 6.45) is 2.25. The third kappa shape index (κ3) is 7.85. The Morgan fingerprint density at radius 1 is 1.24 bits per heavy atom.